The number of aliphatic imine (C=N–C) groups is 1. The molecule has 0 aromatic heterocycles. The molecule has 0 bridgehead atoms. The number of rotatable bonds is 26. The van der Waals surface area contributed by atoms with Gasteiger partial charge in [-0.1, -0.05) is 12.1 Å². The number of hydrogen-bond donors (Lipinski definition) is 11. The molecule has 1 aliphatic rings. The van der Waals surface area contributed by atoms with Crippen molar-refractivity contribution in [1.82, 2.24) is 36.7 Å². The van der Waals surface area contributed by atoms with Crippen LogP contribution in [-0.4, -0.2) is 160 Å². The molecule has 0 spiro atoms. The van der Waals surface area contributed by atoms with Crippen LogP contribution in [-0.2, 0) is 38.3 Å². The van der Waals surface area contributed by atoms with Gasteiger partial charge in [0, 0.05) is 33.1 Å². The number of carbonyl (C=O) groups is 7. The smallest absolute Gasteiger partial charge is 0.326 e. The van der Waals surface area contributed by atoms with Gasteiger partial charge in [-0.05, 0) is 64.1 Å². The summed E-state index contributed by atoms with van der Waals surface area (Å²) >= 11 is 0. The molecule has 1 aromatic rings. The topological polar surface area (TPSA) is 335 Å². The lowest BCUT2D eigenvalue weighted by Gasteiger charge is -2.33. The van der Waals surface area contributed by atoms with E-state index < -0.39 is 71.8 Å². The number of amides is 6. The quantitative estimate of drug-likeness (QED) is 0.0192. The van der Waals surface area contributed by atoms with Crippen LogP contribution in [0.5, 0.6) is 5.75 Å². The van der Waals surface area contributed by atoms with Crippen molar-refractivity contribution in [3.63, 3.8) is 0 Å². The van der Waals surface area contributed by atoms with Crippen LogP contribution in [0.4, 0.5) is 0 Å². The third-order valence-electron chi connectivity index (χ3n) is 8.63. The molecule has 0 fully saturated rings. The van der Waals surface area contributed by atoms with Crippen molar-refractivity contribution in [2.45, 2.75) is 88.2 Å². The maximum absolute atomic E-state index is 13.7. The van der Waals surface area contributed by atoms with E-state index in [9.17, 15) is 54.1 Å². The van der Waals surface area contributed by atoms with Gasteiger partial charge >= 0.3 is 5.97 Å². The standard InChI is InChI=1S/C34H53N9O13/c1-20(45)28(41-27(47)13-16-36-29(48)24-18-56-32(40-24)21-8-3-4-12-26(21)46)33(51)42(2)25(11-6-15-37-54)31(50)38-22(9-5-14-35)30(49)39-23(34(52)53)10-7-17-43(55)19-44/h3-4,8,12,19-20,22-25,28,37,45-46,54-55H,5-7,9-11,13-18,35H2,1-2H3,(H,36,48)(H,38,50)(H,39,49)(H,41,47)(H,52,53). The molecule has 0 saturated heterocycles. The predicted molar refractivity (Wildman–Crippen MR) is 195 cm³/mol. The molecule has 0 saturated carbocycles. The third kappa shape index (κ3) is 15.0. The van der Waals surface area contributed by atoms with Crippen LogP contribution in [0, 0.1) is 0 Å². The summed E-state index contributed by atoms with van der Waals surface area (Å²) in [4.78, 5) is 93.8. The zero-order valence-electron chi connectivity index (χ0n) is 31.3. The molecule has 6 atom stereocenters. The minimum Gasteiger partial charge on any atom is -0.507 e. The molecule has 56 heavy (non-hydrogen) atoms. The van der Waals surface area contributed by atoms with Gasteiger partial charge in [-0.25, -0.2) is 20.3 Å². The summed E-state index contributed by atoms with van der Waals surface area (Å²) in [6, 6.07) is -0.248. The Morgan fingerprint density at radius 2 is 1.68 bits per heavy atom. The van der Waals surface area contributed by atoms with Gasteiger partial charge in [-0.3, -0.25) is 34.0 Å². The number of carbonyl (C=O) groups excluding carboxylic acids is 6. The summed E-state index contributed by atoms with van der Waals surface area (Å²) in [7, 11) is 1.24. The van der Waals surface area contributed by atoms with Crippen LogP contribution in [0.15, 0.2) is 29.3 Å². The zero-order valence-corrected chi connectivity index (χ0v) is 31.3. The molecule has 312 valence electrons. The second-order valence-corrected chi connectivity index (χ2v) is 12.9. The summed E-state index contributed by atoms with van der Waals surface area (Å²) in [5.41, 5.74) is 7.88. The zero-order chi connectivity index (χ0) is 41.8. The Kier molecular flexibility index (Phi) is 20.2. The normalized spacial score (nSPS) is 16.1. The van der Waals surface area contributed by atoms with E-state index in [1.807, 2.05) is 5.48 Å². The van der Waals surface area contributed by atoms with Crippen LogP contribution in [0.3, 0.4) is 0 Å². The first-order valence-electron chi connectivity index (χ1n) is 18.0. The monoisotopic (exact) mass is 795 g/mol. The number of ether oxygens (including phenoxy) is 1. The lowest BCUT2D eigenvalue weighted by molar-refractivity contribution is -0.150. The number of nitrogens with two attached hydrogens (primary N) is 1. The average molecular weight is 796 g/mol. The number of nitrogens with one attached hydrogen (secondary N) is 5. The molecule has 6 unspecified atom stereocenters. The van der Waals surface area contributed by atoms with Crippen molar-refractivity contribution in [1.29, 1.82) is 0 Å². The van der Waals surface area contributed by atoms with Crippen LogP contribution in [0.1, 0.15) is 57.4 Å². The number of likely N-dealkylation sites (N-methyl/N-ethyl adjacent to an activating group) is 1. The van der Waals surface area contributed by atoms with Gasteiger partial charge in [0.15, 0.2) is 6.04 Å². The Morgan fingerprint density at radius 1 is 1.00 bits per heavy atom. The summed E-state index contributed by atoms with van der Waals surface area (Å²) in [5, 5.41) is 58.7. The Labute approximate surface area is 322 Å². The Bertz CT molecular complexity index is 1530. The molecule has 1 aliphatic heterocycles. The van der Waals surface area contributed by atoms with E-state index in [1.165, 1.54) is 20.0 Å². The van der Waals surface area contributed by atoms with Crippen LogP contribution >= 0.6 is 0 Å². The highest BCUT2D eigenvalue weighted by Gasteiger charge is 2.36. The largest absolute Gasteiger partial charge is 0.507 e. The second kappa shape index (κ2) is 24.2. The van der Waals surface area contributed by atoms with E-state index >= 15 is 0 Å². The highest BCUT2D eigenvalue weighted by atomic mass is 16.5. The molecule has 22 heteroatoms. The molecule has 0 aliphatic carbocycles. The van der Waals surface area contributed by atoms with Crippen LogP contribution < -0.4 is 32.5 Å². The number of nitrogens with zero attached hydrogens (tertiary/aromatic N) is 3. The summed E-state index contributed by atoms with van der Waals surface area (Å²) in [5.74, 6) is -5.27. The first kappa shape index (κ1) is 46.7. The summed E-state index contributed by atoms with van der Waals surface area (Å²) < 4.78 is 5.44. The number of phenolic OH excluding ortho intramolecular Hbond substituents is 1. The molecule has 12 N–H and O–H groups in total. The van der Waals surface area contributed by atoms with Crippen molar-refractivity contribution < 1.29 is 64.0 Å². The number of carboxylic acids is 1. The van der Waals surface area contributed by atoms with E-state index in [0.29, 0.717) is 10.6 Å². The summed E-state index contributed by atoms with van der Waals surface area (Å²) in [6.45, 7) is 0.909. The number of para-hydroxylation sites is 1. The fraction of sp³-hybridized carbons (Fsp3) is 0.588. The minimum atomic E-state index is -1.55. The highest BCUT2D eigenvalue weighted by molar-refractivity contribution is 6.00. The highest BCUT2D eigenvalue weighted by Crippen LogP contribution is 2.21. The van der Waals surface area contributed by atoms with E-state index in [1.54, 1.807) is 18.2 Å². The van der Waals surface area contributed by atoms with Crippen molar-refractivity contribution in [3.8, 4) is 5.75 Å². The molecule has 1 heterocycles. The second-order valence-electron chi connectivity index (χ2n) is 12.9. The fourth-order valence-corrected chi connectivity index (χ4v) is 5.51. The van der Waals surface area contributed by atoms with E-state index in [-0.39, 0.29) is 95.8 Å². The molecule has 0 radical (unpaired) electrons. The maximum Gasteiger partial charge on any atom is 0.326 e. The van der Waals surface area contributed by atoms with Gasteiger partial charge in [0.2, 0.25) is 41.8 Å². The van der Waals surface area contributed by atoms with E-state index in [0.717, 1.165) is 4.90 Å². The van der Waals surface area contributed by atoms with Gasteiger partial charge in [0.05, 0.1) is 11.7 Å². The van der Waals surface area contributed by atoms with Crippen molar-refractivity contribution in [2.24, 2.45) is 10.7 Å². The fourth-order valence-electron chi connectivity index (χ4n) is 5.51. The molecule has 2 rings (SSSR count). The van der Waals surface area contributed by atoms with Gasteiger partial charge in [-0.2, -0.15) is 0 Å². The Morgan fingerprint density at radius 3 is 2.30 bits per heavy atom. The number of carboxylic acid groups (broad SMARTS) is 1. The van der Waals surface area contributed by atoms with Crippen molar-refractivity contribution in [3.05, 3.63) is 29.8 Å². The SMILES string of the molecule is CC(O)C(NC(=O)CCNC(=O)C1COC(c2ccccc2O)=N1)C(=O)N(C)C(CCCNO)C(=O)NC(CCCN)C(=O)NC(CCCN(O)C=O)C(=O)O. The number of aliphatic carboxylic acids is 1. The molecular weight excluding hydrogens is 742 g/mol. The van der Waals surface area contributed by atoms with Crippen LogP contribution in [0.25, 0.3) is 0 Å². The van der Waals surface area contributed by atoms with Crippen molar-refractivity contribution in [2.75, 3.05) is 39.8 Å². The minimum absolute atomic E-state index is 0.00911. The number of aliphatic hydroxyl groups excluding tert-OH is 1. The number of phenols is 1. The van der Waals surface area contributed by atoms with Gasteiger partial charge in [-0.15, -0.1) is 0 Å². The number of benzene rings is 1. The lowest BCUT2D eigenvalue weighted by Crippen LogP contribution is -2.59. The Balaban J connectivity index is 2.10. The first-order chi connectivity index (χ1) is 26.6. The number of hydroxylamine groups is 3. The molecule has 1 aromatic carbocycles. The number of hydrogen-bond acceptors (Lipinski definition) is 15. The van der Waals surface area contributed by atoms with E-state index in [4.69, 9.17) is 15.7 Å². The van der Waals surface area contributed by atoms with Gasteiger partial charge in [0.1, 0.15) is 36.5 Å². The summed E-state index contributed by atoms with van der Waals surface area (Å²) in [6.07, 6.45) is -1.47. The molecule has 22 nitrogen and oxygen atoms in total. The third-order valence-corrected chi connectivity index (χ3v) is 8.63. The van der Waals surface area contributed by atoms with Gasteiger partial charge in [0.25, 0.3) is 0 Å². The van der Waals surface area contributed by atoms with Crippen molar-refractivity contribution >= 4 is 47.8 Å². The maximum atomic E-state index is 13.7. The first-order valence-corrected chi connectivity index (χ1v) is 18.0. The van der Waals surface area contributed by atoms with E-state index in [2.05, 4.69) is 26.3 Å². The van der Waals surface area contributed by atoms with Gasteiger partial charge < -0.3 is 57.2 Å². The van der Waals surface area contributed by atoms with Crippen LogP contribution in [0.2, 0.25) is 0 Å². The number of aromatic hydroxyl groups is 1. The molecule has 6 amide bonds. The Hall–Kier alpha value is -5.42. The lowest BCUT2D eigenvalue weighted by atomic mass is 10.0. The molecular formula is C34H53N9O13. The predicted octanol–water partition coefficient (Wildman–Crippen LogP) is -3.08. The average Bonchev–Trinajstić information content (AvgIpc) is 3.66. The number of aliphatic hydroxyl groups is 1.